The molecule has 10 nitrogen and oxygen atoms in total. The van der Waals surface area contributed by atoms with Crippen LogP contribution in [-0.4, -0.2) is 75.1 Å². The van der Waals surface area contributed by atoms with Crippen LogP contribution in [0.25, 0.3) is 10.9 Å². The van der Waals surface area contributed by atoms with Crippen molar-refractivity contribution < 1.29 is 26.9 Å². The number of halogens is 1. The Labute approximate surface area is 215 Å². The Morgan fingerprint density at radius 2 is 1.95 bits per heavy atom. The highest BCUT2D eigenvalue weighted by molar-refractivity contribution is 7.93. The van der Waals surface area contributed by atoms with E-state index < -0.39 is 37.8 Å². The van der Waals surface area contributed by atoms with Crippen molar-refractivity contribution in [3.63, 3.8) is 0 Å². The minimum Gasteiger partial charge on any atom is -0.484 e. The molecule has 2 aromatic carbocycles. The van der Waals surface area contributed by atoms with Crippen molar-refractivity contribution in [2.45, 2.75) is 32.0 Å². The summed E-state index contributed by atoms with van der Waals surface area (Å²) in [6, 6.07) is 7.53. The van der Waals surface area contributed by atoms with Crippen LogP contribution in [-0.2, 0) is 19.8 Å². The molecule has 198 valence electrons. The molecule has 2 atom stereocenters. The minimum absolute atomic E-state index is 0.0546. The minimum atomic E-state index is -3.51. The lowest BCUT2D eigenvalue weighted by molar-refractivity contribution is 0.0740. The summed E-state index contributed by atoms with van der Waals surface area (Å²) in [5.74, 6) is 1.20. The molecule has 5 rings (SSSR count). The molecule has 2 fully saturated rings. The first kappa shape index (κ1) is 25.8. The summed E-state index contributed by atoms with van der Waals surface area (Å²) in [6.07, 6.45) is 2.33. The van der Waals surface area contributed by atoms with Crippen LogP contribution >= 0.6 is 0 Å². The average Bonchev–Trinajstić information content (AvgIpc) is 3.41. The second kappa shape index (κ2) is 9.78. The van der Waals surface area contributed by atoms with E-state index in [4.69, 9.17) is 4.74 Å². The zero-order chi connectivity index (χ0) is 26.4. The maximum atomic E-state index is 14.1. The molecule has 1 aromatic heterocycles. The maximum Gasteiger partial charge on any atom is 0.211 e. The predicted molar refractivity (Wildman–Crippen MR) is 140 cm³/mol. The fraction of sp³-hybridized carbons (Fsp3) is 0.417. The molecule has 2 aliphatic heterocycles. The zero-order valence-electron chi connectivity index (χ0n) is 20.4. The van der Waals surface area contributed by atoms with E-state index in [2.05, 4.69) is 19.6 Å². The van der Waals surface area contributed by atoms with E-state index in [1.807, 2.05) is 13.0 Å². The van der Waals surface area contributed by atoms with Crippen LogP contribution < -0.4 is 10.1 Å². The van der Waals surface area contributed by atoms with Crippen LogP contribution in [0.5, 0.6) is 5.75 Å². The molecule has 0 bridgehead atoms. The number of β-amino-alcohol motifs (C(OH)–C–C–N with tert-alkyl or cyclic N) is 1. The van der Waals surface area contributed by atoms with Gasteiger partial charge in [0.1, 0.15) is 35.9 Å². The van der Waals surface area contributed by atoms with Gasteiger partial charge in [-0.05, 0) is 49.6 Å². The van der Waals surface area contributed by atoms with Crippen LogP contribution in [0.2, 0.25) is 0 Å². The average molecular weight is 550 g/mol. The molecule has 3 heterocycles. The Morgan fingerprint density at radius 3 is 2.65 bits per heavy atom. The van der Waals surface area contributed by atoms with Crippen molar-refractivity contribution in [2.24, 2.45) is 4.36 Å². The molecule has 37 heavy (non-hydrogen) atoms. The van der Waals surface area contributed by atoms with E-state index in [0.29, 0.717) is 39.6 Å². The number of benzene rings is 2. The number of aryl methyl sites for hydroxylation is 1. The highest BCUT2D eigenvalue weighted by Gasteiger charge is 2.38. The molecule has 0 aliphatic carbocycles. The van der Waals surface area contributed by atoms with Gasteiger partial charge in [-0.25, -0.2) is 27.0 Å². The van der Waals surface area contributed by atoms with Gasteiger partial charge in [-0.1, -0.05) is 0 Å². The van der Waals surface area contributed by atoms with E-state index in [1.165, 1.54) is 24.5 Å². The normalized spacial score (nSPS) is 21.8. The quantitative estimate of drug-likeness (QED) is 0.479. The van der Waals surface area contributed by atoms with Gasteiger partial charge in [-0.2, -0.15) is 8.67 Å². The van der Waals surface area contributed by atoms with Gasteiger partial charge < -0.3 is 15.2 Å². The van der Waals surface area contributed by atoms with Crippen LogP contribution in [0, 0.1) is 12.7 Å². The van der Waals surface area contributed by atoms with Gasteiger partial charge in [0.2, 0.25) is 10.0 Å². The molecular formula is C24H28FN5O5S2. The number of aromatic nitrogens is 2. The smallest absolute Gasteiger partial charge is 0.211 e. The third kappa shape index (κ3) is 5.54. The number of aliphatic hydroxyl groups excluding tert-OH is 1. The van der Waals surface area contributed by atoms with Crippen LogP contribution in [0.1, 0.15) is 18.4 Å². The first-order valence-corrected chi connectivity index (χ1v) is 15.6. The summed E-state index contributed by atoms with van der Waals surface area (Å²) in [6.45, 7) is 1.73. The van der Waals surface area contributed by atoms with Crippen molar-refractivity contribution >= 4 is 47.8 Å². The maximum absolute atomic E-state index is 14.1. The van der Waals surface area contributed by atoms with E-state index in [1.54, 1.807) is 6.07 Å². The second-order valence-corrected chi connectivity index (χ2v) is 14.0. The third-order valence-electron chi connectivity index (χ3n) is 6.52. The number of anilines is 2. The Balaban J connectivity index is 1.47. The number of nitrogens with one attached hydrogen (secondary N) is 1. The summed E-state index contributed by atoms with van der Waals surface area (Å²) < 4.78 is 62.4. The lowest BCUT2D eigenvalue weighted by atomic mass is 10.1. The predicted octanol–water partition coefficient (Wildman–Crippen LogP) is 3.10. The molecule has 2 aliphatic rings. The summed E-state index contributed by atoms with van der Waals surface area (Å²) in [4.78, 5) is 8.74. The van der Waals surface area contributed by atoms with Gasteiger partial charge in [0.25, 0.3) is 0 Å². The highest BCUT2D eigenvalue weighted by atomic mass is 32.2. The number of sulfonamides is 1. The molecule has 2 N–H and O–H groups in total. The summed E-state index contributed by atoms with van der Waals surface area (Å²) in [7, 11) is -5.75. The molecular weight excluding hydrogens is 521 g/mol. The third-order valence-corrected chi connectivity index (χ3v) is 10.1. The largest absolute Gasteiger partial charge is 0.484 e. The van der Waals surface area contributed by atoms with Crippen molar-refractivity contribution in [2.75, 3.05) is 36.2 Å². The summed E-state index contributed by atoms with van der Waals surface area (Å²) in [5, 5.41) is 14.2. The molecule has 13 heteroatoms. The van der Waals surface area contributed by atoms with E-state index in [-0.39, 0.29) is 18.8 Å². The molecule has 3 aromatic rings. The number of nitrogens with zero attached hydrogens (tertiary/aromatic N) is 4. The first-order valence-electron chi connectivity index (χ1n) is 11.8. The lowest BCUT2D eigenvalue weighted by Gasteiger charge is -2.20. The number of ether oxygens (including phenoxy) is 1. The second-order valence-electron chi connectivity index (χ2n) is 9.43. The number of fused-ring (bicyclic) bond motifs is 1. The number of hydrogen-bond acceptors (Lipinski definition) is 9. The zero-order valence-corrected chi connectivity index (χ0v) is 22.1. The summed E-state index contributed by atoms with van der Waals surface area (Å²) in [5.41, 5.74) is 2.42. The van der Waals surface area contributed by atoms with Crippen molar-refractivity contribution in [3.05, 3.63) is 48.0 Å². The number of rotatable bonds is 6. The standard InChI is InChI=1S/C24H28FN5O5S2/c1-15-9-17(29-37(34)7-3-4-8-37)11-19-23(15)24(27-14-26-19)28-18-6-5-16(25)10-21(18)35-22-13-30(12-20(22)31)36(2,32)33/h5-6,9-11,14,20,22,31H,3-4,7-8,12-13H2,1-2H3,(H,26,27,28)/t20-,22-/m0/s1. The Hall–Kier alpha value is -2.87. The van der Waals surface area contributed by atoms with Crippen LogP contribution in [0.4, 0.5) is 21.6 Å². The number of aliphatic hydroxyl groups is 1. The highest BCUT2D eigenvalue weighted by Crippen LogP contribution is 2.35. The Morgan fingerprint density at radius 1 is 1.19 bits per heavy atom. The fourth-order valence-corrected chi connectivity index (χ4v) is 7.69. The SMILES string of the molecule is Cc1cc(N=S2(=O)CCCC2)cc2ncnc(Nc3ccc(F)cc3O[C@H]3CN(S(C)(=O)=O)C[C@@H]3O)c12. The van der Waals surface area contributed by atoms with Crippen molar-refractivity contribution in [3.8, 4) is 5.75 Å². The van der Waals surface area contributed by atoms with Crippen LogP contribution in [0.3, 0.4) is 0 Å². The fourth-order valence-electron chi connectivity index (χ4n) is 4.66. The molecule has 0 spiro atoms. The Bertz CT molecular complexity index is 1580. The first-order chi connectivity index (χ1) is 17.5. The summed E-state index contributed by atoms with van der Waals surface area (Å²) >= 11 is 0. The lowest BCUT2D eigenvalue weighted by Crippen LogP contribution is -2.31. The van der Waals surface area contributed by atoms with Gasteiger partial charge in [-0.3, -0.25) is 0 Å². The van der Waals surface area contributed by atoms with E-state index in [0.717, 1.165) is 29.0 Å². The van der Waals surface area contributed by atoms with Crippen molar-refractivity contribution in [1.82, 2.24) is 14.3 Å². The van der Waals surface area contributed by atoms with Gasteiger partial charge in [0, 0.05) is 29.5 Å². The van der Waals surface area contributed by atoms with Gasteiger partial charge in [-0.15, -0.1) is 0 Å². The molecule has 0 amide bonds. The molecule has 0 saturated carbocycles. The van der Waals surface area contributed by atoms with Gasteiger partial charge in [0.05, 0.1) is 39.4 Å². The monoisotopic (exact) mass is 549 g/mol. The van der Waals surface area contributed by atoms with Crippen molar-refractivity contribution in [1.29, 1.82) is 0 Å². The molecule has 0 radical (unpaired) electrons. The van der Waals surface area contributed by atoms with Gasteiger partial charge >= 0.3 is 0 Å². The molecule has 0 unspecified atom stereocenters. The van der Waals surface area contributed by atoms with E-state index in [9.17, 15) is 22.1 Å². The molecule has 2 saturated heterocycles. The van der Waals surface area contributed by atoms with Crippen LogP contribution in [0.15, 0.2) is 41.0 Å². The Kier molecular flexibility index (Phi) is 6.81. The van der Waals surface area contributed by atoms with E-state index >= 15 is 0 Å². The topological polar surface area (TPSA) is 134 Å². The van der Waals surface area contributed by atoms with Gasteiger partial charge in [0.15, 0.2) is 0 Å². The number of hydrogen-bond donors (Lipinski definition) is 2.